The maximum atomic E-state index is 13.3. The number of rotatable bonds is 7. The summed E-state index contributed by atoms with van der Waals surface area (Å²) in [7, 11) is 0. The SMILES string of the molecule is CCOc1cccc(CN2CC(c3ccccc3)N(C[C@@H](O)C(F)(F)F)c3ccccc32)c1. The number of β-amino-alcohol motifs (C(OH)–C–C–N with tert-alkyl or cyclic N) is 1. The van der Waals surface area contributed by atoms with Crippen molar-refractivity contribution in [3.05, 3.63) is 90.0 Å². The molecule has 1 N–H and O–H groups in total. The lowest BCUT2D eigenvalue weighted by molar-refractivity contribution is -0.200. The van der Waals surface area contributed by atoms with Gasteiger partial charge in [0.1, 0.15) is 5.75 Å². The van der Waals surface area contributed by atoms with Gasteiger partial charge in [0.05, 0.1) is 30.6 Å². The molecule has 2 atom stereocenters. The van der Waals surface area contributed by atoms with Gasteiger partial charge < -0.3 is 19.6 Å². The lowest BCUT2D eigenvalue weighted by atomic mass is 9.98. The minimum atomic E-state index is -4.69. The van der Waals surface area contributed by atoms with Gasteiger partial charge in [0.25, 0.3) is 0 Å². The summed E-state index contributed by atoms with van der Waals surface area (Å²) >= 11 is 0. The van der Waals surface area contributed by atoms with Crippen molar-refractivity contribution in [1.82, 2.24) is 0 Å². The van der Waals surface area contributed by atoms with E-state index in [1.807, 2.05) is 85.8 Å². The van der Waals surface area contributed by atoms with Crippen LogP contribution >= 0.6 is 0 Å². The smallest absolute Gasteiger partial charge is 0.416 e. The molecule has 4 nitrogen and oxygen atoms in total. The second-order valence-corrected chi connectivity index (χ2v) is 8.09. The molecule has 0 bridgehead atoms. The Morgan fingerprint density at radius 2 is 1.67 bits per heavy atom. The fourth-order valence-corrected chi connectivity index (χ4v) is 4.29. The molecule has 0 saturated heterocycles. The van der Waals surface area contributed by atoms with E-state index in [1.54, 1.807) is 4.90 Å². The van der Waals surface area contributed by atoms with Crippen LogP contribution in [0.1, 0.15) is 24.1 Å². The van der Waals surface area contributed by atoms with E-state index in [4.69, 9.17) is 4.74 Å². The first-order valence-electron chi connectivity index (χ1n) is 11.0. The number of aliphatic hydroxyl groups is 1. The van der Waals surface area contributed by atoms with Crippen molar-refractivity contribution in [3.8, 4) is 5.75 Å². The zero-order valence-electron chi connectivity index (χ0n) is 18.4. The molecule has 1 aliphatic rings. The van der Waals surface area contributed by atoms with E-state index in [0.717, 1.165) is 22.6 Å². The molecule has 33 heavy (non-hydrogen) atoms. The molecule has 1 aliphatic heterocycles. The predicted molar refractivity (Wildman–Crippen MR) is 124 cm³/mol. The number of benzene rings is 3. The highest BCUT2D eigenvalue weighted by Crippen LogP contribution is 2.42. The molecule has 3 aromatic carbocycles. The van der Waals surface area contributed by atoms with Gasteiger partial charge in [-0.1, -0.05) is 54.6 Å². The molecule has 0 aliphatic carbocycles. The summed E-state index contributed by atoms with van der Waals surface area (Å²) in [6.45, 7) is 3.03. The van der Waals surface area contributed by atoms with Crippen molar-refractivity contribution in [2.75, 3.05) is 29.5 Å². The summed E-state index contributed by atoms with van der Waals surface area (Å²) in [5.74, 6) is 0.787. The second-order valence-electron chi connectivity index (χ2n) is 8.09. The monoisotopic (exact) mass is 456 g/mol. The molecule has 0 radical (unpaired) electrons. The van der Waals surface area contributed by atoms with Crippen molar-refractivity contribution in [2.24, 2.45) is 0 Å². The lowest BCUT2D eigenvalue weighted by Gasteiger charge is -2.45. The van der Waals surface area contributed by atoms with Crippen molar-refractivity contribution >= 4 is 11.4 Å². The van der Waals surface area contributed by atoms with Gasteiger partial charge in [-0.2, -0.15) is 13.2 Å². The number of nitrogens with zero attached hydrogens (tertiary/aromatic N) is 2. The molecule has 1 unspecified atom stereocenters. The Morgan fingerprint density at radius 1 is 0.970 bits per heavy atom. The highest BCUT2D eigenvalue weighted by atomic mass is 19.4. The van der Waals surface area contributed by atoms with Crippen molar-refractivity contribution in [1.29, 1.82) is 0 Å². The van der Waals surface area contributed by atoms with Crippen LogP contribution in [-0.2, 0) is 6.54 Å². The summed E-state index contributed by atoms with van der Waals surface area (Å²) in [6.07, 6.45) is -7.13. The molecule has 174 valence electrons. The van der Waals surface area contributed by atoms with E-state index in [-0.39, 0.29) is 6.04 Å². The lowest BCUT2D eigenvalue weighted by Crippen LogP contribution is -2.49. The number of para-hydroxylation sites is 2. The molecule has 0 saturated carbocycles. The van der Waals surface area contributed by atoms with Crippen LogP contribution in [0.4, 0.5) is 24.5 Å². The fourth-order valence-electron chi connectivity index (χ4n) is 4.29. The Morgan fingerprint density at radius 3 is 2.36 bits per heavy atom. The maximum Gasteiger partial charge on any atom is 0.416 e. The molecule has 0 amide bonds. The first kappa shape index (κ1) is 23.0. The highest BCUT2D eigenvalue weighted by molar-refractivity contribution is 5.74. The quantitative estimate of drug-likeness (QED) is 0.504. The predicted octanol–water partition coefficient (Wildman–Crippen LogP) is 5.58. The molecule has 3 aromatic rings. The molecule has 0 fully saturated rings. The molecule has 0 aromatic heterocycles. The first-order chi connectivity index (χ1) is 15.9. The number of aliphatic hydroxyl groups excluding tert-OH is 1. The average molecular weight is 457 g/mol. The van der Waals surface area contributed by atoms with Crippen LogP contribution in [0.2, 0.25) is 0 Å². The van der Waals surface area contributed by atoms with Crippen LogP contribution in [0.5, 0.6) is 5.75 Å². The average Bonchev–Trinajstić information content (AvgIpc) is 2.81. The molecule has 4 rings (SSSR count). The molecule has 0 spiro atoms. The number of halogens is 3. The highest BCUT2D eigenvalue weighted by Gasteiger charge is 2.42. The number of fused-ring (bicyclic) bond motifs is 1. The number of alkyl halides is 3. The van der Waals surface area contributed by atoms with Gasteiger partial charge in [-0.15, -0.1) is 0 Å². The van der Waals surface area contributed by atoms with Crippen molar-refractivity contribution in [3.63, 3.8) is 0 Å². The van der Waals surface area contributed by atoms with E-state index in [2.05, 4.69) is 4.90 Å². The molecule has 1 heterocycles. The fraction of sp³-hybridized carbons (Fsp3) is 0.308. The Kier molecular flexibility index (Phi) is 6.79. The van der Waals surface area contributed by atoms with Crippen LogP contribution in [-0.4, -0.2) is 37.1 Å². The summed E-state index contributed by atoms with van der Waals surface area (Å²) in [6, 6.07) is 24.4. The van der Waals surface area contributed by atoms with Gasteiger partial charge >= 0.3 is 6.18 Å². The number of anilines is 2. The standard InChI is InChI=1S/C26H27F3N2O2/c1-2-33-21-12-8-9-19(15-21)16-30-17-24(20-10-4-3-5-11-20)31(18-25(32)26(27,28)29)23-14-7-6-13-22(23)30/h3-15,24-25,32H,2,16-18H2,1H3/t24?,25-/m1/s1. The molecular formula is C26H27F3N2O2. The third-order valence-electron chi connectivity index (χ3n) is 5.82. The summed E-state index contributed by atoms with van der Waals surface area (Å²) < 4.78 is 45.5. The van der Waals surface area contributed by atoms with E-state index in [1.165, 1.54) is 0 Å². The third-order valence-corrected chi connectivity index (χ3v) is 5.82. The zero-order chi connectivity index (χ0) is 23.4. The van der Waals surface area contributed by atoms with Gasteiger partial charge in [0.15, 0.2) is 6.10 Å². The maximum absolute atomic E-state index is 13.3. The summed E-state index contributed by atoms with van der Waals surface area (Å²) in [5.41, 5.74) is 3.45. The van der Waals surface area contributed by atoms with Gasteiger partial charge in [-0.25, -0.2) is 0 Å². The first-order valence-corrected chi connectivity index (χ1v) is 11.0. The van der Waals surface area contributed by atoms with Crippen LogP contribution in [0.15, 0.2) is 78.9 Å². The summed E-state index contributed by atoms with van der Waals surface area (Å²) in [5, 5.41) is 9.92. The van der Waals surface area contributed by atoms with Crippen LogP contribution in [0.3, 0.4) is 0 Å². The van der Waals surface area contributed by atoms with E-state index in [0.29, 0.717) is 25.4 Å². The van der Waals surface area contributed by atoms with Crippen molar-refractivity contribution < 1.29 is 23.0 Å². The minimum absolute atomic E-state index is 0.354. The Hall–Kier alpha value is -3.19. The number of ether oxygens (including phenoxy) is 1. The largest absolute Gasteiger partial charge is 0.494 e. The van der Waals surface area contributed by atoms with Gasteiger partial charge in [-0.3, -0.25) is 0 Å². The van der Waals surface area contributed by atoms with Gasteiger partial charge in [-0.05, 0) is 42.3 Å². The molecule has 7 heteroatoms. The van der Waals surface area contributed by atoms with Gasteiger partial charge in [0.2, 0.25) is 0 Å². The van der Waals surface area contributed by atoms with E-state index < -0.39 is 18.8 Å². The van der Waals surface area contributed by atoms with E-state index in [9.17, 15) is 18.3 Å². The number of hydrogen-bond donors (Lipinski definition) is 1. The third kappa shape index (κ3) is 5.25. The second kappa shape index (κ2) is 9.75. The minimum Gasteiger partial charge on any atom is -0.494 e. The Balaban J connectivity index is 1.72. The van der Waals surface area contributed by atoms with Gasteiger partial charge in [0, 0.05) is 13.1 Å². The molecular weight excluding hydrogens is 429 g/mol. The number of hydrogen-bond acceptors (Lipinski definition) is 4. The van der Waals surface area contributed by atoms with Crippen LogP contribution < -0.4 is 14.5 Å². The van der Waals surface area contributed by atoms with Crippen molar-refractivity contribution in [2.45, 2.75) is 31.8 Å². The van der Waals surface area contributed by atoms with Crippen LogP contribution in [0, 0.1) is 0 Å². The topological polar surface area (TPSA) is 35.9 Å². The zero-order valence-corrected chi connectivity index (χ0v) is 18.4. The van der Waals surface area contributed by atoms with E-state index >= 15 is 0 Å². The van der Waals surface area contributed by atoms with Crippen LogP contribution in [0.25, 0.3) is 0 Å². The normalized spacial score (nSPS) is 16.9. The Bertz CT molecular complexity index is 1060. The summed E-state index contributed by atoms with van der Waals surface area (Å²) in [4.78, 5) is 3.85. The Labute approximate surface area is 191 Å².